The number of benzene rings is 1. The van der Waals surface area contributed by atoms with E-state index in [0.717, 1.165) is 29.3 Å². The van der Waals surface area contributed by atoms with Crippen LogP contribution < -0.4 is 11.1 Å². The van der Waals surface area contributed by atoms with Gasteiger partial charge in [-0.05, 0) is 37.8 Å². The fraction of sp³-hybridized carbons (Fsp3) is 0.438. The molecule has 0 aliphatic heterocycles. The van der Waals surface area contributed by atoms with Gasteiger partial charge in [-0.2, -0.15) is 0 Å². The maximum atomic E-state index is 12.4. The van der Waals surface area contributed by atoms with Crippen LogP contribution in [0.1, 0.15) is 34.5 Å². The van der Waals surface area contributed by atoms with Crippen LogP contribution in [-0.2, 0) is 4.74 Å². The zero-order valence-corrected chi connectivity index (χ0v) is 13.2. The summed E-state index contributed by atoms with van der Waals surface area (Å²) in [5.41, 5.74) is 7.70. The first-order valence-electron chi connectivity index (χ1n) is 7.17. The van der Waals surface area contributed by atoms with Crippen LogP contribution in [0.2, 0.25) is 0 Å². The van der Waals surface area contributed by atoms with E-state index in [1.165, 1.54) is 16.9 Å². The number of anilines is 1. The minimum absolute atomic E-state index is 0.102. The van der Waals surface area contributed by atoms with Crippen LogP contribution in [0.15, 0.2) is 18.2 Å². The molecule has 0 spiro atoms. The number of fused-ring (bicyclic) bond motifs is 1. The molecule has 1 heterocycles. The summed E-state index contributed by atoms with van der Waals surface area (Å²) in [6.45, 7) is 2.59. The Kier molecular flexibility index (Phi) is 3.63. The van der Waals surface area contributed by atoms with Gasteiger partial charge in [0.25, 0.3) is 5.91 Å². The first-order chi connectivity index (χ1) is 10.0. The Labute approximate surface area is 128 Å². The second kappa shape index (κ2) is 5.31. The largest absolute Gasteiger partial charge is 0.397 e. The van der Waals surface area contributed by atoms with Gasteiger partial charge in [0.1, 0.15) is 4.88 Å². The van der Waals surface area contributed by atoms with Gasteiger partial charge < -0.3 is 15.8 Å². The molecule has 3 N–H and O–H groups in total. The molecule has 1 aromatic heterocycles. The summed E-state index contributed by atoms with van der Waals surface area (Å²) < 4.78 is 6.58. The molecular formula is C16H20N2O2S. The lowest BCUT2D eigenvalue weighted by atomic mass is 9.80. The summed E-state index contributed by atoms with van der Waals surface area (Å²) in [6, 6.07) is 6.06. The minimum atomic E-state index is -0.169. The van der Waals surface area contributed by atoms with E-state index in [1.54, 1.807) is 7.11 Å². The zero-order valence-electron chi connectivity index (χ0n) is 12.4. The summed E-state index contributed by atoms with van der Waals surface area (Å²) in [7, 11) is 1.71. The highest BCUT2D eigenvalue weighted by atomic mass is 32.1. The Hall–Kier alpha value is -1.59. The van der Waals surface area contributed by atoms with Crippen molar-refractivity contribution < 1.29 is 9.53 Å². The van der Waals surface area contributed by atoms with E-state index in [0.29, 0.717) is 17.1 Å². The van der Waals surface area contributed by atoms with Crippen molar-refractivity contribution in [3.63, 3.8) is 0 Å². The number of nitrogen functional groups attached to an aromatic ring is 1. The van der Waals surface area contributed by atoms with Crippen molar-refractivity contribution in [2.24, 2.45) is 0 Å². The molecule has 112 valence electrons. The van der Waals surface area contributed by atoms with Crippen LogP contribution in [-0.4, -0.2) is 25.2 Å². The van der Waals surface area contributed by atoms with Gasteiger partial charge in [0.05, 0.1) is 11.3 Å². The number of aryl methyl sites for hydroxylation is 1. The maximum Gasteiger partial charge on any atom is 0.263 e. The highest BCUT2D eigenvalue weighted by molar-refractivity contribution is 7.21. The van der Waals surface area contributed by atoms with Crippen molar-refractivity contribution >= 4 is 33.0 Å². The van der Waals surface area contributed by atoms with E-state index in [9.17, 15) is 4.79 Å². The van der Waals surface area contributed by atoms with Crippen molar-refractivity contribution in [3.8, 4) is 0 Å². The number of rotatable bonds is 4. The Bertz CT molecular complexity index is 683. The second-order valence-corrected chi connectivity index (χ2v) is 6.82. The fourth-order valence-electron chi connectivity index (χ4n) is 2.74. The second-order valence-electron chi connectivity index (χ2n) is 5.77. The molecule has 3 rings (SSSR count). The first kappa shape index (κ1) is 14.4. The molecular weight excluding hydrogens is 284 g/mol. The summed E-state index contributed by atoms with van der Waals surface area (Å²) in [5, 5.41) is 3.93. The normalized spacial score (nSPS) is 16.7. The molecule has 0 atom stereocenters. The number of carbonyl (C=O) groups excluding carboxylic acids is 1. The molecule has 1 fully saturated rings. The van der Waals surface area contributed by atoms with E-state index in [4.69, 9.17) is 10.5 Å². The molecule has 0 unspecified atom stereocenters. The summed E-state index contributed by atoms with van der Waals surface area (Å²) in [4.78, 5) is 13.0. The number of amides is 1. The molecule has 0 saturated heterocycles. The zero-order chi connectivity index (χ0) is 15.0. The number of thiophene rings is 1. The van der Waals surface area contributed by atoms with Crippen LogP contribution in [0.25, 0.3) is 10.1 Å². The Morgan fingerprint density at radius 3 is 2.86 bits per heavy atom. The average Bonchev–Trinajstić information content (AvgIpc) is 2.74. The van der Waals surface area contributed by atoms with Crippen LogP contribution in [0.4, 0.5) is 5.69 Å². The van der Waals surface area contributed by atoms with Gasteiger partial charge in [-0.3, -0.25) is 4.79 Å². The topological polar surface area (TPSA) is 64.3 Å². The van der Waals surface area contributed by atoms with E-state index in [2.05, 4.69) is 11.4 Å². The SMILES string of the molecule is COC1(CNC(=O)c2sc3cc(C)ccc3c2N)CCC1. The van der Waals surface area contributed by atoms with Gasteiger partial charge in [0.15, 0.2) is 0 Å². The third-order valence-corrected chi connectivity index (χ3v) is 5.53. The van der Waals surface area contributed by atoms with E-state index >= 15 is 0 Å². The van der Waals surface area contributed by atoms with Crippen LogP contribution in [0.3, 0.4) is 0 Å². The number of methoxy groups -OCH3 is 1. The molecule has 0 bridgehead atoms. The van der Waals surface area contributed by atoms with Crippen molar-refractivity contribution in [1.82, 2.24) is 5.32 Å². The molecule has 1 aliphatic carbocycles. The highest BCUT2D eigenvalue weighted by Crippen LogP contribution is 2.36. The number of hydrogen-bond donors (Lipinski definition) is 2. The molecule has 2 aromatic rings. The van der Waals surface area contributed by atoms with Gasteiger partial charge in [-0.15, -0.1) is 11.3 Å². The summed E-state index contributed by atoms with van der Waals surface area (Å²) >= 11 is 1.45. The van der Waals surface area contributed by atoms with Crippen molar-refractivity contribution in [1.29, 1.82) is 0 Å². The van der Waals surface area contributed by atoms with Gasteiger partial charge in [-0.25, -0.2) is 0 Å². The number of carbonyl (C=O) groups is 1. The van der Waals surface area contributed by atoms with Crippen LogP contribution in [0.5, 0.6) is 0 Å². The average molecular weight is 304 g/mol. The van der Waals surface area contributed by atoms with E-state index in [-0.39, 0.29) is 11.5 Å². The van der Waals surface area contributed by atoms with E-state index < -0.39 is 0 Å². The minimum Gasteiger partial charge on any atom is -0.397 e. The molecule has 0 radical (unpaired) electrons. The van der Waals surface area contributed by atoms with Crippen LogP contribution >= 0.6 is 11.3 Å². The third-order valence-electron chi connectivity index (χ3n) is 4.36. The molecule has 5 heteroatoms. The molecule has 4 nitrogen and oxygen atoms in total. The van der Waals surface area contributed by atoms with Gasteiger partial charge >= 0.3 is 0 Å². The standard InChI is InChI=1S/C16H20N2O2S/c1-10-4-5-11-12(8-10)21-14(13(11)17)15(19)18-9-16(20-2)6-3-7-16/h4-5,8H,3,6-7,9,17H2,1-2H3,(H,18,19). The summed E-state index contributed by atoms with van der Waals surface area (Å²) in [6.07, 6.45) is 3.17. The Morgan fingerprint density at radius 2 is 2.24 bits per heavy atom. The Morgan fingerprint density at radius 1 is 1.48 bits per heavy atom. The summed E-state index contributed by atoms with van der Waals surface area (Å²) in [5.74, 6) is -0.102. The predicted molar refractivity (Wildman–Crippen MR) is 86.9 cm³/mol. The molecule has 1 amide bonds. The lowest BCUT2D eigenvalue weighted by Gasteiger charge is -2.40. The molecule has 1 saturated carbocycles. The van der Waals surface area contributed by atoms with Crippen molar-refractivity contribution in [2.45, 2.75) is 31.8 Å². The highest BCUT2D eigenvalue weighted by Gasteiger charge is 2.37. The lowest BCUT2D eigenvalue weighted by Crippen LogP contribution is -2.49. The maximum absolute atomic E-state index is 12.4. The molecule has 21 heavy (non-hydrogen) atoms. The van der Waals surface area contributed by atoms with Crippen molar-refractivity contribution in [2.75, 3.05) is 19.4 Å². The third kappa shape index (κ3) is 2.51. The Balaban J connectivity index is 1.80. The van der Waals surface area contributed by atoms with Crippen LogP contribution in [0, 0.1) is 6.92 Å². The number of nitrogens with one attached hydrogen (secondary N) is 1. The number of nitrogens with two attached hydrogens (primary N) is 1. The number of hydrogen-bond acceptors (Lipinski definition) is 4. The number of ether oxygens (including phenoxy) is 1. The lowest BCUT2D eigenvalue weighted by molar-refractivity contribution is -0.0679. The monoisotopic (exact) mass is 304 g/mol. The smallest absolute Gasteiger partial charge is 0.263 e. The quantitative estimate of drug-likeness (QED) is 0.912. The van der Waals surface area contributed by atoms with Gasteiger partial charge in [-0.1, -0.05) is 12.1 Å². The van der Waals surface area contributed by atoms with E-state index in [1.807, 2.05) is 19.1 Å². The fourth-order valence-corrected chi connectivity index (χ4v) is 3.88. The van der Waals surface area contributed by atoms with Gasteiger partial charge in [0.2, 0.25) is 0 Å². The van der Waals surface area contributed by atoms with Crippen molar-refractivity contribution in [3.05, 3.63) is 28.6 Å². The predicted octanol–water partition coefficient (Wildman–Crippen LogP) is 3.09. The molecule has 1 aromatic carbocycles. The van der Waals surface area contributed by atoms with Gasteiger partial charge in [0, 0.05) is 23.7 Å². The molecule has 1 aliphatic rings. The first-order valence-corrected chi connectivity index (χ1v) is 7.98.